The summed E-state index contributed by atoms with van der Waals surface area (Å²) in [6.45, 7) is 3.80. The first-order valence-corrected chi connectivity index (χ1v) is 8.93. The lowest BCUT2D eigenvalue weighted by Crippen LogP contribution is -2.12. The number of nitrogens with two attached hydrogens (primary N) is 1. The lowest BCUT2D eigenvalue weighted by Gasteiger charge is -2.11. The van der Waals surface area contributed by atoms with Gasteiger partial charge in [-0.05, 0) is 68.0 Å². The number of ether oxygens (including phenoxy) is 1. The average molecular weight is 402 g/mol. The van der Waals surface area contributed by atoms with Crippen molar-refractivity contribution in [1.29, 1.82) is 5.26 Å². The molecule has 0 atom stereocenters. The van der Waals surface area contributed by atoms with Crippen molar-refractivity contribution in [1.82, 2.24) is 4.57 Å². The third-order valence-corrected chi connectivity index (χ3v) is 4.53. The summed E-state index contributed by atoms with van der Waals surface area (Å²) in [5.74, 6) is 0.301. The number of hydrogen-bond acceptors (Lipinski definition) is 5. The molecule has 30 heavy (non-hydrogen) atoms. The molecule has 1 heterocycles. The van der Waals surface area contributed by atoms with Gasteiger partial charge in [-0.15, -0.1) is 0 Å². The van der Waals surface area contributed by atoms with Crippen molar-refractivity contribution in [2.24, 2.45) is 5.73 Å². The fourth-order valence-corrected chi connectivity index (χ4v) is 3.08. The second kappa shape index (κ2) is 8.32. The summed E-state index contributed by atoms with van der Waals surface area (Å²) in [5, 5.41) is 19.8. The molecule has 1 amide bonds. The van der Waals surface area contributed by atoms with Crippen LogP contribution in [-0.2, 0) is 4.79 Å². The zero-order valence-electron chi connectivity index (χ0n) is 16.3. The second-order valence-corrected chi connectivity index (χ2v) is 6.54. The number of nitro benzene ring substituents is 1. The highest BCUT2D eigenvalue weighted by Gasteiger charge is 2.12. The molecular weight excluding hydrogens is 384 g/mol. The lowest BCUT2D eigenvalue weighted by molar-refractivity contribution is -0.384. The summed E-state index contributed by atoms with van der Waals surface area (Å²) in [6, 6.07) is 16.8. The van der Waals surface area contributed by atoms with Gasteiger partial charge in [0.1, 0.15) is 23.1 Å². The van der Waals surface area contributed by atoms with Gasteiger partial charge in [0.25, 0.3) is 11.6 Å². The molecule has 0 spiro atoms. The van der Waals surface area contributed by atoms with Gasteiger partial charge < -0.3 is 15.0 Å². The molecule has 0 saturated heterocycles. The van der Waals surface area contributed by atoms with Crippen molar-refractivity contribution >= 4 is 17.7 Å². The first kappa shape index (κ1) is 20.4. The summed E-state index contributed by atoms with van der Waals surface area (Å²) < 4.78 is 7.72. The van der Waals surface area contributed by atoms with Crippen molar-refractivity contribution in [3.63, 3.8) is 0 Å². The SMILES string of the molecule is Cc1cc(/C=C(\C#N)C(N)=O)c(C)n1-c1ccc(Oc2ccc([N+](=O)[O-])cc2)cc1. The Bertz CT molecular complexity index is 1180. The minimum Gasteiger partial charge on any atom is -0.457 e. The normalized spacial score (nSPS) is 11.0. The van der Waals surface area contributed by atoms with Crippen LogP contribution in [0, 0.1) is 35.3 Å². The van der Waals surface area contributed by atoms with E-state index in [1.54, 1.807) is 12.1 Å². The predicted octanol–water partition coefficient (Wildman–Crippen LogP) is 4.19. The summed E-state index contributed by atoms with van der Waals surface area (Å²) in [7, 11) is 0. The number of benzene rings is 2. The molecule has 0 aliphatic rings. The maximum atomic E-state index is 11.3. The Morgan fingerprint density at radius 1 is 1.13 bits per heavy atom. The predicted molar refractivity (Wildman–Crippen MR) is 111 cm³/mol. The molecular formula is C22H18N4O4. The Morgan fingerprint density at radius 3 is 2.20 bits per heavy atom. The molecule has 0 fully saturated rings. The molecule has 0 bridgehead atoms. The molecule has 0 unspecified atom stereocenters. The van der Waals surface area contributed by atoms with Gasteiger partial charge in [0, 0.05) is 29.2 Å². The van der Waals surface area contributed by atoms with Crippen LogP contribution in [0.25, 0.3) is 11.8 Å². The third-order valence-electron chi connectivity index (χ3n) is 4.53. The molecule has 2 aromatic carbocycles. The summed E-state index contributed by atoms with van der Waals surface area (Å²) in [6.07, 6.45) is 1.48. The maximum Gasteiger partial charge on any atom is 0.269 e. The standard InChI is InChI=1S/C22H18N4O4/c1-14-11-16(12-17(13-23)22(24)27)15(2)25(14)18-3-7-20(8-4-18)30-21-9-5-19(6-10-21)26(28)29/h3-12H,1-2H3,(H2,24,27)/b17-12+. The molecule has 0 radical (unpaired) electrons. The largest absolute Gasteiger partial charge is 0.457 e. The Morgan fingerprint density at radius 2 is 1.70 bits per heavy atom. The van der Waals surface area contributed by atoms with Gasteiger partial charge in [-0.25, -0.2) is 0 Å². The van der Waals surface area contributed by atoms with Crippen LogP contribution < -0.4 is 10.5 Å². The van der Waals surface area contributed by atoms with Crippen LogP contribution in [0.3, 0.4) is 0 Å². The molecule has 8 nitrogen and oxygen atoms in total. The molecule has 0 aliphatic carbocycles. The van der Waals surface area contributed by atoms with Crippen molar-refractivity contribution in [2.45, 2.75) is 13.8 Å². The van der Waals surface area contributed by atoms with Crippen LogP contribution in [-0.4, -0.2) is 15.4 Å². The van der Waals surface area contributed by atoms with E-state index in [0.29, 0.717) is 11.5 Å². The zero-order valence-corrected chi connectivity index (χ0v) is 16.3. The number of aromatic nitrogens is 1. The highest BCUT2D eigenvalue weighted by atomic mass is 16.6. The number of amides is 1. The van der Waals surface area contributed by atoms with E-state index >= 15 is 0 Å². The molecule has 0 saturated carbocycles. The van der Waals surface area contributed by atoms with Gasteiger partial charge in [0.2, 0.25) is 0 Å². The molecule has 150 valence electrons. The molecule has 8 heteroatoms. The van der Waals surface area contributed by atoms with Crippen molar-refractivity contribution in [3.8, 4) is 23.3 Å². The van der Waals surface area contributed by atoms with Crippen LogP contribution in [0.5, 0.6) is 11.5 Å². The van der Waals surface area contributed by atoms with E-state index in [1.807, 2.05) is 42.7 Å². The number of primary amides is 1. The minimum atomic E-state index is -0.768. The van der Waals surface area contributed by atoms with E-state index < -0.39 is 10.8 Å². The maximum absolute atomic E-state index is 11.3. The van der Waals surface area contributed by atoms with Crippen LogP contribution in [0.4, 0.5) is 5.69 Å². The number of non-ortho nitro benzene ring substituents is 1. The van der Waals surface area contributed by atoms with E-state index in [2.05, 4.69) is 0 Å². The molecule has 2 N–H and O–H groups in total. The summed E-state index contributed by atoms with van der Waals surface area (Å²) in [5.41, 5.74) is 8.49. The highest BCUT2D eigenvalue weighted by Crippen LogP contribution is 2.27. The van der Waals surface area contributed by atoms with Crippen LogP contribution in [0.2, 0.25) is 0 Å². The van der Waals surface area contributed by atoms with Gasteiger partial charge in [0.15, 0.2) is 0 Å². The number of aryl methyl sites for hydroxylation is 1. The summed E-state index contributed by atoms with van der Waals surface area (Å²) in [4.78, 5) is 21.6. The molecule has 0 aliphatic heterocycles. The van der Waals surface area contributed by atoms with Gasteiger partial charge in [-0.1, -0.05) is 0 Å². The first-order chi connectivity index (χ1) is 14.3. The van der Waals surface area contributed by atoms with Crippen LogP contribution >= 0.6 is 0 Å². The van der Waals surface area contributed by atoms with E-state index in [4.69, 9.17) is 15.7 Å². The third kappa shape index (κ3) is 4.20. The zero-order chi connectivity index (χ0) is 21.8. The van der Waals surface area contributed by atoms with Crippen LogP contribution in [0.15, 0.2) is 60.2 Å². The number of carbonyl (C=O) groups is 1. The Hall–Kier alpha value is -4.38. The quantitative estimate of drug-likeness (QED) is 0.286. The fraction of sp³-hybridized carbons (Fsp3) is 0.0909. The number of hydrogen-bond donors (Lipinski definition) is 1. The number of rotatable bonds is 6. The first-order valence-electron chi connectivity index (χ1n) is 8.93. The van der Waals surface area contributed by atoms with Gasteiger partial charge >= 0.3 is 0 Å². The van der Waals surface area contributed by atoms with Gasteiger partial charge in [-0.2, -0.15) is 5.26 Å². The van der Waals surface area contributed by atoms with Gasteiger partial charge in [-0.3, -0.25) is 14.9 Å². The molecule has 3 rings (SSSR count). The smallest absolute Gasteiger partial charge is 0.269 e. The Kier molecular flexibility index (Phi) is 5.65. The molecule has 3 aromatic rings. The average Bonchev–Trinajstić information content (AvgIpc) is 3.00. The van der Waals surface area contributed by atoms with Crippen molar-refractivity contribution < 1.29 is 14.5 Å². The van der Waals surface area contributed by atoms with Crippen LogP contribution in [0.1, 0.15) is 17.0 Å². The fourth-order valence-electron chi connectivity index (χ4n) is 3.08. The van der Waals surface area contributed by atoms with Crippen molar-refractivity contribution in [2.75, 3.05) is 0 Å². The minimum absolute atomic E-state index is 0.00278. The van der Waals surface area contributed by atoms with Gasteiger partial charge in [0.05, 0.1) is 4.92 Å². The van der Waals surface area contributed by atoms with E-state index in [0.717, 1.165) is 22.6 Å². The number of nitrogens with zero attached hydrogens (tertiary/aromatic N) is 3. The lowest BCUT2D eigenvalue weighted by atomic mass is 10.1. The Balaban J connectivity index is 1.85. The van der Waals surface area contributed by atoms with E-state index in [1.165, 1.54) is 30.3 Å². The Labute approximate surface area is 172 Å². The van der Waals surface area contributed by atoms with Crippen molar-refractivity contribution in [3.05, 3.63) is 87.2 Å². The number of nitriles is 1. The second-order valence-electron chi connectivity index (χ2n) is 6.54. The van der Waals surface area contributed by atoms with E-state index in [9.17, 15) is 14.9 Å². The summed E-state index contributed by atoms with van der Waals surface area (Å²) >= 11 is 0. The highest BCUT2D eigenvalue weighted by molar-refractivity contribution is 6.00. The number of carbonyl (C=O) groups excluding carboxylic acids is 1. The topological polar surface area (TPSA) is 124 Å². The van der Waals surface area contributed by atoms with E-state index in [-0.39, 0.29) is 11.3 Å². The monoisotopic (exact) mass is 402 g/mol. The number of nitro groups is 1. The molecule has 1 aromatic heterocycles.